The van der Waals surface area contributed by atoms with Gasteiger partial charge in [0.25, 0.3) is 5.91 Å². The van der Waals surface area contributed by atoms with Gasteiger partial charge in [0, 0.05) is 28.0 Å². The predicted molar refractivity (Wildman–Crippen MR) is 95.8 cm³/mol. The number of aromatic nitrogens is 1. The summed E-state index contributed by atoms with van der Waals surface area (Å²) in [6.45, 7) is 3.93. The highest BCUT2D eigenvalue weighted by atomic mass is 35.5. The van der Waals surface area contributed by atoms with Gasteiger partial charge in [-0.25, -0.2) is 0 Å². The van der Waals surface area contributed by atoms with Gasteiger partial charge in [0.2, 0.25) is 0 Å². The van der Waals surface area contributed by atoms with Crippen molar-refractivity contribution in [1.29, 1.82) is 0 Å². The number of ketones is 1. The van der Waals surface area contributed by atoms with Gasteiger partial charge in [-0.1, -0.05) is 11.6 Å². The molecule has 2 heterocycles. The number of Topliss-reactive ketones (excluding diaryl/α,β-unsaturated/α-hetero) is 1. The minimum atomic E-state index is -0.237. The quantitative estimate of drug-likeness (QED) is 0.783. The normalized spacial score (nSPS) is 16.6. The van der Waals surface area contributed by atoms with Crippen molar-refractivity contribution in [3.05, 3.63) is 46.2 Å². The molecule has 1 aliphatic heterocycles. The first-order valence-electron chi connectivity index (χ1n) is 8.40. The van der Waals surface area contributed by atoms with Crippen molar-refractivity contribution in [3.63, 3.8) is 0 Å². The van der Waals surface area contributed by atoms with E-state index in [0.717, 1.165) is 24.2 Å². The Morgan fingerprint density at radius 2 is 2.04 bits per heavy atom. The number of carbonyl (C=O) groups excluding carboxylic acids is 2. The lowest BCUT2D eigenvalue weighted by Crippen LogP contribution is -2.42. The van der Waals surface area contributed by atoms with Crippen molar-refractivity contribution < 1.29 is 14.3 Å². The first-order chi connectivity index (χ1) is 12.0. The van der Waals surface area contributed by atoms with Crippen molar-refractivity contribution in [2.24, 2.45) is 0 Å². The zero-order valence-electron chi connectivity index (χ0n) is 14.2. The number of amides is 1. The highest BCUT2D eigenvalue weighted by Gasteiger charge is 2.31. The van der Waals surface area contributed by atoms with Crippen LogP contribution in [0.1, 0.15) is 40.6 Å². The molecule has 0 saturated heterocycles. The summed E-state index contributed by atoms with van der Waals surface area (Å²) in [6.07, 6.45) is 2.33. The lowest BCUT2D eigenvalue weighted by Gasteiger charge is -2.29. The van der Waals surface area contributed by atoms with E-state index in [2.05, 4.69) is 4.57 Å². The van der Waals surface area contributed by atoms with Crippen LogP contribution in [0.2, 0.25) is 5.02 Å². The number of rotatable bonds is 4. The van der Waals surface area contributed by atoms with E-state index in [1.807, 2.05) is 19.9 Å². The SMILES string of the molecule is Cc1cc(C(=O)CN2C(=O)COc3ccc(Cl)cc32)c(C)n1C1CC1. The van der Waals surface area contributed by atoms with Crippen LogP contribution in [-0.4, -0.2) is 29.4 Å². The van der Waals surface area contributed by atoms with Gasteiger partial charge in [0.1, 0.15) is 5.75 Å². The van der Waals surface area contributed by atoms with Crippen LogP contribution in [0.15, 0.2) is 24.3 Å². The molecule has 130 valence electrons. The molecule has 0 N–H and O–H groups in total. The Morgan fingerprint density at radius 1 is 1.28 bits per heavy atom. The number of halogens is 1. The third kappa shape index (κ3) is 2.82. The molecule has 1 aromatic heterocycles. The number of ether oxygens (including phenoxy) is 1. The van der Waals surface area contributed by atoms with Crippen LogP contribution in [0.5, 0.6) is 5.75 Å². The van der Waals surface area contributed by atoms with Crippen LogP contribution in [0.3, 0.4) is 0 Å². The summed E-state index contributed by atoms with van der Waals surface area (Å²) < 4.78 is 7.66. The smallest absolute Gasteiger partial charge is 0.265 e. The van der Waals surface area contributed by atoms with Crippen LogP contribution in [-0.2, 0) is 4.79 Å². The number of nitrogens with zero attached hydrogens (tertiary/aromatic N) is 2. The zero-order chi connectivity index (χ0) is 17.7. The fourth-order valence-corrected chi connectivity index (χ4v) is 3.70. The maximum atomic E-state index is 12.9. The molecule has 25 heavy (non-hydrogen) atoms. The molecule has 2 aliphatic rings. The second-order valence-electron chi connectivity index (χ2n) is 6.69. The number of carbonyl (C=O) groups is 2. The molecule has 1 saturated carbocycles. The Bertz CT molecular complexity index is 883. The van der Waals surface area contributed by atoms with Crippen molar-refractivity contribution in [2.45, 2.75) is 32.7 Å². The fraction of sp³-hybridized carbons (Fsp3) is 0.368. The molecule has 5 nitrogen and oxygen atoms in total. The minimum absolute atomic E-state index is 0.00943. The Kier molecular flexibility index (Phi) is 3.84. The summed E-state index contributed by atoms with van der Waals surface area (Å²) in [5.74, 6) is 0.264. The Hall–Kier alpha value is -2.27. The molecule has 2 aromatic rings. The predicted octanol–water partition coefficient (Wildman–Crippen LogP) is 3.70. The van der Waals surface area contributed by atoms with Crippen LogP contribution in [0, 0.1) is 13.8 Å². The van der Waals surface area contributed by atoms with E-state index in [9.17, 15) is 9.59 Å². The van der Waals surface area contributed by atoms with Gasteiger partial charge in [-0.3, -0.25) is 14.5 Å². The number of aryl methyl sites for hydroxylation is 1. The third-order valence-electron chi connectivity index (χ3n) is 4.86. The van der Waals surface area contributed by atoms with Crippen LogP contribution in [0.25, 0.3) is 0 Å². The molecule has 0 unspecified atom stereocenters. The first kappa shape index (κ1) is 16.2. The molecular formula is C19H19ClN2O3. The average Bonchev–Trinajstić information content (AvgIpc) is 3.35. The van der Waals surface area contributed by atoms with Crippen LogP contribution < -0.4 is 9.64 Å². The third-order valence-corrected chi connectivity index (χ3v) is 5.10. The number of hydrogen-bond acceptors (Lipinski definition) is 3. The summed E-state index contributed by atoms with van der Waals surface area (Å²) in [5.41, 5.74) is 3.32. The molecule has 4 rings (SSSR count). The summed E-state index contributed by atoms with van der Waals surface area (Å²) in [4.78, 5) is 26.7. The highest BCUT2D eigenvalue weighted by molar-refractivity contribution is 6.31. The van der Waals surface area contributed by atoms with Gasteiger partial charge in [-0.15, -0.1) is 0 Å². The van der Waals surface area contributed by atoms with E-state index in [4.69, 9.17) is 16.3 Å². The van der Waals surface area contributed by atoms with E-state index in [1.54, 1.807) is 18.2 Å². The number of hydrogen-bond donors (Lipinski definition) is 0. The summed E-state index contributed by atoms with van der Waals surface area (Å²) in [6, 6.07) is 7.54. The average molecular weight is 359 g/mol. The van der Waals surface area contributed by atoms with Gasteiger partial charge in [-0.05, 0) is 51.0 Å². The van der Waals surface area contributed by atoms with Crippen molar-refractivity contribution in [2.75, 3.05) is 18.1 Å². The lowest BCUT2D eigenvalue weighted by atomic mass is 10.1. The molecule has 1 amide bonds. The number of fused-ring (bicyclic) bond motifs is 1. The summed E-state index contributed by atoms with van der Waals surface area (Å²) in [7, 11) is 0. The van der Waals surface area contributed by atoms with E-state index < -0.39 is 0 Å². The van der Waals surface area contributed by atoms with E-state index in [1.165, 1.54) is 4.90 Å². The maximum Gasteiger partial charge on any atom is 0.265 e. The number of anilines is 1. The maximum absolute atomic E-state index is 12.9. The van der Waals surface area contributed by atoms with Gasteiger partial charge >= 0.3 is 0 Å². The second kappa shape index (κ2) is 5.92. The largest absolute Gasteiger partial charge is 0.482 e. The molecule has 0 radical (unpaired) electrons. The second-order valence-corrected chi connectivity index (χ2v) is 7.13. The molecule has 0 atom stereocenters. The van der Waals surface area contributed by atoms with E-state index in [-0.39, 0.29) is 24.8 Å². The monoisotopic (exact) mass is 358 g/mol. The van der Waals surface area contributed by atoms with Gasteiger partial charge in [0.15, 0.2) is 12.4 Å². The van der Waals surface area contributed by atoms with Crippen molar-refractivity contribution >= 4 is 29.0 Å². The topological polar surface area (TPSA) is 51.5 Å². The molecule has 1 fully saturated rings. The summed E-state index contributed by atoms with van der Waals surface area (Å²) >= 11 is 6.05. The zero-order valence-corrected chi connectivity index (χ0v) is 15.0. The molecule has 0 spiro atoms. The molecule has 1 aliphatic carbocycles. The van der Waals surface area contributed by atoms with Crippen LogP contribution in [0.4, 0.5) is 5.69 Å². The fourth-order valence-electron chi connectivity index (χ4n) is 3.53. The molecule has 0 bridgehead atoms. The molecular weight excluding hydrogens is 340 g/mol. The van der Waals surface area contributed by atoms with Gasteiger partial charge < -0.3 is 9.30 Å². The van der Waals surface area contributed by atoms with Gasteiger partial charge in [0.05, 0.1) is 12.2 Å². The number of benzene rings is 1. The Balaban J connectivity index is 1.64. The standard InChI is InChI=1S/C19H19ClN2O3/c1-11-7-15(12(2)22(11)14-4-5-14)17(23)9-21-16-8-13(20)3-6-18(16)25-10-19(21)24/h3,6-8,14H,4-5,9-10H2,1-2H3. The Morgan fingerprint density at radius 3 is 2.76 bits per heavy atom. The van der Waals surface area contributed by atoms with E-state index >= 15 is 0 Å². The molecule has 6 heteroatoms. The lowest BCUT2D eigenvalue weighted by molar-refractivity contribution is -0.121. The summed E-state index contributed by atoms with van der Waals surface area (Å²) in [5, 5.41) is 0.501. The highest BCUT2D eigenvalue weighted by Crippen LogP contribution is 2.39. The Labute approximate surface area is 151 Å². The van der Waals surface area contributed by atoms with Crippen molar-refractivity contribution in [3.8, 4) is 5.75 Å². The first-order valence-corrected chi connectivity index (χ1v) is 8.78. The molecule has 1 aromatic carbocycles. The van der Waals surface area contributed by atoms with Gasteiger partial charge in [-0.2, -0.15) is 0 Å². The van der Waals surface area contributed by atoms with E-state index in [0.29, 0.717) is 28.1 Å². The minimum Gasteiger partial charge on any atom is -0.482 e. The van der Waals surface area contributed by atoms with Crippen molar-refractivity contribution in [1.82, 2.24) is 4.57 Å². The van der Waals surface area contributed by atoms with Crippen LogP contribution >= 0.6 is 11.6 Å².